The predicted molar refractivity (Wildman–Crippen MR) is 93.1 cm³/mol. The van der Waals surface area contributed by atoms with Crippen LogP contribution >= 0.6 is 45.5 Å². The molecule has 0 fully saturated rings. The minimum Gasteiger partial charge on any atom is -0.271 e. The van der Waals surface area contributed by atoms with E-state index < -0.39 is 0 Å². The first-order chi connectivity index (χ1) is 9.60. The maximum atomic E-state index is 6.45. The lowest BCUT2D eigenvalue weighted by molar-refractivity contribution is 0.517. The summed E-state index contributed by atoms with van der Waals surface area (Å²) in [7, 11) is 0. The molecule has 7 heteroatoms. The van der Waals surface area contributed by atoms with Crippen molar-refractivity contribution < 1.29 is 0 Å². The van der Waals surface area contributed by atoms with Gasteiger partial charge in [0.25, 0.3) is 0 Å². The van der Waals surface area contributed by atoms with E-state index in [1.165, 1.54) is 8.45 Å². The van der Waals surface area contributed by atoms with E-state index in [1.807, 2.05) is 4.68 Å². The van der Waals surface area contributed by atoms with E-state index in [-0.39, 0.29) is 6.04 Å². The average Bonchev–Trinajstić information content (AvgIpc) is 3.00. The monoisotopic (exact) mass is 424 g/mol. The summed E-state index contributed by atoms with van der Waals surface area (Å²) in [5.41, 5.74) is 6.09. The Hall–Kier alpha value is -0.150. The normalized spacial score (nSPS) is 12.8. The highest BCUT2D eigenvalue weighted by Crippen LogP contribution is 2.29. The highest BCUT2D eigenvalue weighted by Gasteiger charge is 2.20. The van der Waals surface area contributed by atoms with E-state index in [1.54, 1.807) is 11.3 Å². The Labute approximate surface area is 141 Å². The number of aromatic nitrogens is 2. The summed E-state index contributed by atoms with van der Waals surface area (Å²) in [4.78, 5) is 0. The highest BCUT2D eigenvalue weighted by molar-refractivity contribution is 14.1. The number of nitrogens with zero attached hydrogens (tertiary/aromatic N) is 2. The lowest BCUT2D eigenvalue weighted by atomic mass is 10.1. The SMILES string of the molecule is CCc1nn(CC)c(CC(NN)c2csc(I)c2)c1Cl. The van der Waals surface area contributed by atoms with Crippen LogP contribution in [-0.4, -0.2) is 9.78 Å². The zero-order chi connectivity index (χ0) is 14.7. The van der Waals surface area contributed by atoms with Gasteiger partial charge in [0.05, 0.1) is 25.3 Å². The molecule has 2 heterocycles. The second kappa shape index (κ2) is 7.22. The molecular formula is C13H18ClIN4S. The lowest BCUT2D eigenvalue weighted by Gasteiger charge is -2.15. The highest BCUT2D eigenvalue weighted by atomic mass is 127. The van der Waals surface area contributed by atoms with E-state index in [0.29, 0.717) is 0 Å². The molecule has 0 amide bonds. The minimum absolute atomic E-state index is 0.0546. The van der Waals surface area contributed by atoms with Crippen molar-refractivity contribution in [3.63, 3.8) is 0 Å². The molecule has 0 radical (unpaired) electrons. The van der Waals surface area contributed by atoms with Crippen molar-refractivity contribution in [1.29, 1.82) is 0 Å². The summed E-state index contributed by atoms with van der Waals surface area (Å²) in [6.07, 6.45) is 1.58. The van der Waals surface area contributed by atoms with Gasteiger partial charge in [-0.1, -0.05) is 18.5 Å². The zero-order valence-electron chi connectivity index (χ0n) is 11.5. The fraction of sp³-hybridized carbons (Fsp3) is 0.462. The third-order valence-corrected chi connectivity index (χ3v) is 5.53. The van der Waals surface area contributed by atoms with Crippen LogP contribution in [0.3, 0.4) is 0 Å². The van der Waals surface area contributed by atoms with Gasteiger partial charge in [-0.2, -0.15) is 5.10 Å². The smallest absolute Gasteiger partial charge is 0.0850 e. The van der Waals surface area contributed by atoms with Crippen molar-refractivity contribution in [2.24, 2.45) is 5.84 Å². The molecular weight excluding hydrogens is 407 g/mol. The van der Waals surface area contributed by atoms with E-state index in [4.69, 9.17) is 17.4 Å². The van der Waals surface area contributed by atoms with Crippen molar-refractivity contribution in [3.05, 3.63) is 36.3 Å². The second-order valence-corrected chi connectivity index (χ2v) is 7.67. The lowest BCUT2D eigenvalue weighted by Crippen LogP contribution is -2.30. The summed E-state index contributed by atoms with van der Waals surface area (Å²) in [6.45, 7) is 4.95. The molecule has 110 valence electrons. The number of hydrogen-bond donors (Lipinski definition) is 2. The Morgan fingerprint density at radius 3 is 2.80 bits per heavy atom. The average molecular weight is 425 g/mol. The third kappa shape index (κ3) is 3.36. The topological polar surface area (TPSA) is 55.9 Å². The van der Waals surface area contributed by atoms with Gasteiger partial charge in [-0.05, 0) is 52.9 Å². The molecule has 0 spiro atoms. The summed E-state index contributed by atoms with van der Waals surface area (Å²) in [5.74, 6) is 5.72. The van der Waals surface area contributed by atoms with Crippen LogP contribution in [0.15, 0.2) is 11.4 Å². The summed E-state index contributed by atoms with van der Waals surface area (Å²) < 4.78 is 3.23. The number of rotatable bonds is 6. The van der Waals surface area contributed by atoms with Gasteiger partial charge in [-0.15, -0.1) is 11.3 Å². The van der Waals surface area contributed by atoms with Gasteiger partial charge in [0.2, 0.25) is 0 Å². The Bertz CT molecular complexity index is 581. The molecule has 0 aliphatic rings. The standard InChI is InChI=1S/C13H18ClIN4S/c1-3-9-13(14)11(19(4-2)18-9)6-10(17-16)8-5-12(15)20-7-8/h5,7,10,17H,3-4,6,16H2,1-2H3. The third-order valence-electron chi connectivity index (χ3n) is 3.28. The van der Waals surface area contributed by atoms with Crippen molar-refractivity contribution >= 4 is 45.5 Å². The molecule has 20 heavy (non-hydrogen) atoms. The molecule has 0 aliphatic heterocycles. The van der Waals surface area contributed by atoms with Crippen molar-refractivity contribution in [2.75, 3.05) is 0 Å². The maximum absolute atomic E-state index is 6.45. The van der Waals surface area contributed by atoms with E-state index in [0.717, 1.165) is 35.8 Å². The van der Waals surface area contributed by atoms with Gasteiger partial charge in [0, 0.05) is 13.0 Å². The molecule has 1 atom stereocenters. The van der Waals surface area contributed by atoms with Crippen LogP contribution in [0.25, 0.3) is 0 Å². The van der Waals surface area contributed by atoms with Crippen molar-refractivity contribution in [1.82, 2.24) is 15.2 Å². The Morgan fingerprint density at radius 2 is 2.30 bits per heavy atom. The van der Waals surface area contributed by atoms with Gasteiger partial charge in [0.15, 0.2) is 0 Å². The van der Waals surface area contributed by atoms with Gasteiger partial charge in [0.1, 0.15) is 0 Å². The summed E-state index contributed by atoms with van der Waals surface area (Å²) in [6, 6.07) is 2.20. The van der Waals surface area contributed by atoms with Crippen LogP contribution in [-0.2, 0) is 19.4 Å². The molecule has 1 unspecified atom stereocenters. The Kier molecular flexibility index (Phi) is 5.85. The Morgan fingerprint density at radius 1 is 1.55 bits per heavy atom. The number of aryl methyl sites for hydroxylation is 2. The minimum atomic E-state index is 0.0546. The van der Waals surface area contributed by atoms with Gasteiger partial charge >= 0.3 is 0 Å². The number of thiophene rings is 1. The van der Waals surface area contributed by atoms with E-state index in [2.05, 4.69) is 58.4 Å². The molecule has 4 nitrogen and oxygen atoms in total. The number of nitrogens with one attached hydrogen (secondary N) is 1. The Balaban J connectivity index is 2.29. The summed E-state index contributed by atoms with van der Waals surface area (Å²) in [5, 5.41) is 7.46. The first-order valence-corrected chi connectivity index (χ1v) is 8.88. The summed E-state index contributed by atoms with van der Waals surface area (Å²) >= 11 is 10.5. The van der Waals surface area contributed by atoms with Crippen LogP contribution in [0.2, 0.25) is 5.02 Å². The van der Waals surface area contributed by atoms with Gasteiger partial charge in [-0.3, -0.25) is 16.0 Å². The largest absolute Gasteiger partial charge is 0.271 e. The van der Waals surface area contributed by atoms with Gasteiger partial charge < -0.3 is 0 Å². The quantitative estimate of drug-likeness (QED) is 0.424. The first kappa shape index (κ1) is 16.2. The predicted octanol–water partition coefficient (Wildman–Crippen LogP) is 3.53. The fourth-order valence-electron chi connectivity index (χ4n) is 2.18. The van der Waals surface area contributed by atoms with Crippen LogP contribution in [0.5, 0.6) is 0 Å². The molecule has 2 aromatic rings. The number of hydrogen-bond acceptors (Lipinski definition) is 4. The zero-order valence-corrected chi connectivity index (χ0v) is 15.2. The van der Waals surface area contributed by atoms with Crippen LogP contribution < -0.4 is 11.3 Å². The second-order valence-electron chi connectivity index (χ2n) is 4.48. The maximum Gasteiger partial charge on any atom is 0.0850 e. The van der Waals surface area contributed by atoms with Crippen LogP contribution in [0.4, 0.5) is 0 Å². The molecule has 2 rings (SSSR count). The van der Waals surface area contributed by atoms with Crippen LogP contribution in [0, 0.1) is 2.88 Å². The first-order valence-electron chi connectivity index (χ1n) is 6.54. The van der Waals surface area contributed by atoms with Crippen molar-refractivity contribution in [3.8, 4) is 0 Å². The number of nitrogens with two attached hydrogens (primary N) is 1. The van der Waals surface area contributed by atoms with E-state index >= 15 is 0 Å². The van der Waals surface area contributed by atoms with Crippen LogP contribution in [0.1, 0.15) is 36.8 Å². The molecule has 0 saturated heterocycles. The van der Waals surface area contributed by atoms with E-state index in [9.17, 15) is 0 Å². The molecule has 0 aliphatic carbocycles. The molecule has 3 N–H and O–H groups in total. The molecule has 0 aromatic carbocycles. The van der Waals surface area contributed by atoms with Crippen molar-refractivity contribution in [2.45, 2.75) is 39.3 Å². The molecule has 0 bridgehead atoms. The number of halogens is 2. The molecule has 2 aromatic heterocycles. The van der Waals surface area contributed by atoms with Gasteiger partial charge in [-0.25, -0.2) is 0 Å². The number of hydrazine groups is 1. The fourth-order valence-corrected chi connectivity index (χ4v) is 3.96. The molecule has 0 saturated carbocycles.